The molecule has 28 heavy (non-hydrogen) atoms. The van der Waals surface area contributed by atoms with E-state index in [0.717, 1.165) is 5.56 Å². The van der Waals surface area contributed by atoms with Crippen LogP contribution < -0.4 is 0 Å². The highest BCUT2D eigenvalue weighted by Crippen LogP contribution is 1.99. The molecule has 0 aliphatic rings. The molecule has 0 atom stereocenters. The third kappa shape index (κ3) is 27.6. The number of carbonyl (C=O) groups is 5. The lowest BCUT2D eigenvalue weighted by Gasteiger charge is -1.97. The lowest BCUT2D eigenvalue weighted by molar-refractivity contribution is -0.142. The van der Waals surface area contributed by atoms with Gasteiger partial charge in [-0.2, -0.15) is 0 Å². The van der Waals surface area contributed by atoms with E-state index in [0.29, 0.717) is 19.4 Å². The highest BCUT2D eigenvalue weighted by atomic mass is 16.5. The van der Waals surface area contributed by atoms with Crippen molar-refractivity contribution in [3.63, 3.8) is 0 Å². The average molecular weight is 400 g/mol. The Bertz CT molecular complexity index is 534. The second-order valence-electron chi connectivity index (χ2n) is 4.68. The van der Waals surface area contributed by atoms with Crippen molar-refractivity contribution >= 4 is 30.7 Å². The molecule has 0 fully saturated rings. The molecule has 0 heterocycles. The van der Waals surface area contributed by atoms with Gasteiger partial charge in [-0.3, -0.25) is 19.2 Å². The van der Waals surface area contributed by atoms with Crippen molar-refractivity contribution in [1.82, 2.24) is 0 Å². The molecule has 0 aliphatic carbocycles. The van der Waals surface area contributed by atoms with Gasteiger partial charge < -0.3 is 23.7 Å². The zero-order valence-electron chi connectivity index (χ0n) is 16.8. The number of esters is 2. The predicted octanol–water partition coefficient (Wildman–Crippen LogP) is 1.51. The van der Waals surface area contributed by atoms with Crippen LogP contribution in [-0.4, -0.2) is 59.1 Å². The molecule has 0 bridgehead atoms. The van der Waals surface area contributed by atoms with Crippen LogP contribution in [0.4, 0.5) is 0 Å². The Morgan fingerprint density at radius 1 is 0.786 bits per heavy atom. The molecule has 0 aliphatic heterocycles. The number of ether oxygens (including phenoxy) is 4. The summed E-state index contributed by atoms with van der Waals surface area (Å²) in [6.45, 7) is 2.20. The predicted molar refractivity (Wildman–Crippen MR) is 100 cm³/mol. The highest BCUT2D eigenvalue weighted by Gasteiger charge is 2.01. The summed E-state index contributed by atoms with van der Waals surface area (Å²) in [6, 6.07) is 9.52. The molecule has 0 aromatic heterocycles. The van der Waals surface area contributed by atoms with E-state index < -0.39 is 0 Å². The number of rotatable bonds is 7. The summed E-state index contributed by atoms with van der Waals surface area (Å²) in [7, 11) is 5.33. The number of hydrogen-bond acceptors (Lipinski definition) is 9. The van der Waals surface area contributed by atoms with Crippen molar-refractivity contribution in [2.75, 3.05) is 28.4 Å². The van der Waals surface area contributed by atoms with Crippen LogP contribution in [0.3, 0.4) is 0 Å². The van der Waals surface area contributed by atoms with Gasteiger partial charge in [-0.05, 0) is 12.5 Å². The van der Waals surface area contributed by atoms with Gasteiger partial charge in [0.1, 0.15) is 5.78 Å². The fourth-order valence-electron chi connectivity index (χ4n) is 1.21. The summed E-state index contributed by atoms with van der Waals surface area (Å²) in [5, 5.41) is 0. The number of methoxy groups -OCH3 is 4. The minimum atomic E-state index is -0.329. The molecule has 1 aromatic carbocycles. The fourth-order valence-corrected chi connectivity index (χ4v) is 1.21. The van der Waals surface area contributed by atoms with E-state index in [1.807, 2.05) is 30.3 Å². The molecule has 9 heteroatoms. The van der Waals surface area contributed by atoms with Crippen LogP contribution in [-0.2, 0) is 49.3 Å². The van der Waals surface area contributed by atoms with Crippen molar-refractivity contribution in [2.24, 2.45) is 0 Å². The van der Waals surface area contributed by atoms with Gasteiger partial charge in [-0.15, -0.1) is 0 Å². The van der Waals surface area contributed by atoms with Crippen molar-refractivity contribution < 1.29 is 42.9 Å². The Kier molecular flexibility index (Phi) is 25.1. The van der Waals surface area contributed by atoms with Gasteiger partial charge in [-0.1, -0.05) is 30.3 Å². The van der Waals surface area contributed by atoms with Gasteiger partial charge in [0.05, 0.1) is 41.3 Å². The molecule has 158 valence electrons. The van der Waals surface area contributed by atoms with Crippen LogP contribution in [0.25, 0.3) is 0 Å². The van der Waals surface area contributed by atoms with Gasteiger partial charge in [-0.25, -0.2) is 0 Å². The molecule has 0 N–H and O–H groups in total. The van der Waals surface area contributed by atoms with Crippen molar-refractivity contribution in [2.45, 2.75) is 26.2 Å². The lowest BCUT2D eigenvalue weighted by Crippen LogP contribution is -2.03. The summed E-state index contributed by atoms with van der Waals surface area (Å²) >= 11 is 0. The van der Waals surface area contributed by atoms with E-state index in [1.54, 1.807) is 0 Å². The third-order valence-corrected chi connectivity index (χ3v) is 2.52. The van der Waals surface area contributed by atoms with Gasteiger partial charge in [0.15, 0.2) is 0 Å². The molecule has 0 saturated heterocycles. The largest absolute Gasteiger partial charge is 0.471 e. The molecule has 1 aromatic rings. The normalized spacial score (nSPS) is 7.89. The Labute approximate surface area is 164 Å². The maximum Gasteiger partial charge on any atom is 0.309 e. The maximum atomic E-state index is 10.8. The molecular formula is C19H28O9. The molecule has 0 spiro atoms. The first-order chi connectivity index (χ1) is 13.3. The van der Waals surface area contributed by atoms with E-state index in [9.17, 15) is 14.4 Å². The second-order valence-corrected chi connectivity index (χ2v) is 4.68. The molecular weight excluding hydrogens is 372 g/mol. The molecule has 0 saturated carbocycles. The number of carbonyl (C=O) groups excluding carboxylic acids is 5. The molecule has 0 radical (unpaired) electrons. The first-order valence-corrected chi connectivity index (χ1v) is 7.92. The average Bonchev–Trinajstić information content (AvgIpc) is 2.73. The van der Waals surface area contributed by atoms with Gasteiger partial charge in [0, 0.05) is 6.42 Å². The zero-order valence-corrected chi connectivity index (χ0v) is 16.8. The quantitative estimate of drug-likeness (QED) is 0.381. The summed E-state index contributed by atoms with van der Waals surface area (Å²) in [5.74, 6) is -0.512. The minimum absolute atomic E-state index is 0.0143. The number of benzene rings is 1. The summed E-state index contributed by atoms with van der Waals surface area (Å²) in [4.78, 5) is 49.3. The van der Waals surface area contributed by atoms with E-state index in [-0.39, 0.29) is 30.6 Å². The Morgan fingerprint density at radius 3 is 1.54 bits per heavy atom. The molecule has 0 amide bonds. The monoisotopic (exact) mass is 400 g/mol. The Morgan fingerprint density at radius 2 is 1.21 bits per heavy atom. The van der Waals surface area contributed by atoms with Crippen molar-refractivity contribution in [3.05, 3.63) is 35.9 Å². The Hall–Kier alpha value is -3.23. The van der Waals surface area contributed by atoms with Gasteiger partial charge in [0.25, 0.3) is 12.9 Å². The van der Waals surface area contributed by atoms with Gasteiger partial charge >= 0.3 is 11.9 Å². The molecule has 1 rings (SSSR count). The van der Waals surface area contributed by atoms with E-state index in [1.165, 1.54) is 35.4 Å². The summed E-state index contributed by atoms with van der Waals surface area (Å²) < 4.78 is 16.5. The summed E-state index contributed by atoms with van der Waals surface area (Å²) in [6.07, 6.45) is 0.843. The third-order valence-electron chi connectivity index (χ3n) is 2.52. The SMILES string of the molecule is COC(=O)CCC(C)=O.COC(=O)Cc1ccccc1.COC=O.COC=O. The van der Waals surface area contributed by atoms with Crippen LogP contribution in [0.1, 0.15) is 25.3 Å². The van der Waals surface area contributed by atoms with Crippen LogP contribution in [0.2, 0.25) is 0 Å². The van der Waals surface area contributed by atoms with E-state index in [2.05, 4.69) is 18.9 Å². The van der Waals surface area contributed by atoms with Gasteiger partial charge in [0.2, 0.25) is 0 Å². The zero-order chi connectivity index (χ0) is 22.2. The van der Waals surface area contributed by atoms with Crippen LogP contribution in [0.5, 0.6) is 0 Å². The molecule has 9 nitrogen and oxygen atoms in total. The smallest absolute Gasteiger partial charge is 0.309 e. The maximum absolute atomic E-state index is 10.8. The standard InChI is InChI=1S/C9H10O2.C6H10O3.2C2H4O2/c1-11-9(10)7-8-5-3-2-4-6-8;1-5(7)3-4-6(8)9-2;2*1-4-2-3/h2-6H,7H2,1H3;3-4H2,1-2H3;2*2H,1H3. The van der Waals surface area contributed by atoms with Crippen molar-refractivity contribution in [3.8, 4) is 0 Å². The Balaban J connectivity index is -0.000000330. The number of ketones is 1. The van der Waals surface area contributed by atoms with Crippen LogP contribution in [0, 0.1) is 0 Å². The summed E-state index contributed by atoms with van der Waals surface area (Å²) in [5.41, 5.74) is 0.986. The first-order valence-electron chi connectivity index (χ1n) is 7.92. The fraction of sp³-hybridized carbons (Fsp3) is 0.421. The lowest BCUT2D eigenvalue weighted by atomic mass is 10.2. The highest BCUT2D eigenvalue weighted by molar-refractivity contribution is 5.80. The van der Waals surface area contributed by atoms with Crippen LogP contribution >= 0.6 is 0 Å². The first kappa shape index (κ1) is 29.5. The topological polar surface area (TPSA) is 122 Å². The molecule has 0 unspecified atom stereocenters. The van der Waals surface area contributed by atoms with Crippen molar-refractivity contribution in [1.29, 1.82) is 0 Å². The minimum Gasteiger partial charge on any atom is -0.471 e. The second kappa shape index (κ2) is 23.8. The van der Waals surface area contributed by atoms with Crippen LogP contribution in [0.15, 0.2) is 30.3 Å². The number of hydrogen-bond donors (Lipinski definition) is 0. The number of Topliss-reactive ketones (excluding diaryl/α,β-unsaturated/α-hetero) is 1. The van der Waals surface area contributed by atoms with E-state index >= 15 is 0 Å². The van der Waals surface area contributed by atoms with E-state index in [4.69, 9.17) is 9.59 Å².